The maximum Gasteiger partial charge on any atom is 0.323 e. The van der Waals surface area contributed by atoms with E-state index in [4.69, 9.17) is 30.5 Å². The molecule has 0 unspecified atom stereocenters. The SMILES string of the molecule is Cc1cc(-c2[nH]c(=O)[nH]c2-c2ccc3c(c2)OCCO3)ccn1.Cc1cc(-c2[nH]c(Cl)nc2-c2ccc3c(c2)OCCO3)ccn1. The number of aromatic amines is 3. The van der Waals surface area contributed by atoms with Crippen LogP contribution in [0.2, 0.25) is 5.28 Å². The first kappa shape index (κ1) is 29.2. The van der Waals surface area contributed by atoms with E-state index < -0.39 is 0 Å². The van der Waals surface area contributed by atoms with Gasteiger partial charge in [0.25, 0.3) is 0 Å². The largest absolute Gasteiger partial charge is 0.486 e. The average Bonchev–Trinajstić information content (AvgIpc) is 3.67. The lowest BCUT2D eigenvalue weighted by Crippen LogP contribution is -2.15. The van der Waals surface area contributed by atoms with Gasteiger partial charge in [0.2, 0.25) is 5.28 Å². The van der Waals surface area contributed by atoms with E-state index in [-0.39, 0.29) is 5.69 Å². The summed E-state index contributed by atoms with van der Waals surface area (Å²) in [4.78, 5) is 33.5. The summed E-state index contributed by atoms with van der Waals surface area (Å²) in [6.07, 6.45) is 3.50. The van der Waals surface area contributed by atoms with Crippen LogP contribution in [0.15, 0.2) is 77.9 Å². The normalized spacial score (nSPS) is 13.1. The number of aryl methyl sites for hydroxylation is 2. The van der Waals surface area contributed by atoms with Gasteiger partial charge >= 0.3 is 5.69 Å². The van der Waals surface area contributed by atoms with Gasteiger partial charge in [0, 0.05) is 46.0 Å². The first-order valence-corrected chi connectivity index (χ1v) is 15.0. The van der Waals surface area contributed by atoms with Crippen LogP contribution in [0.1, 0.15) is 11.4 Å². The number of aromatic nitrogens is 6. The highest BCUT2D eigenvalue weighted by atomic mass is 35.5. The minimum Gasteiger partial charge on any atom is -0.486 e. The van der Waals surface area contributed by atoms with E-state index in [1.165, 1.54) is 0 Å². The Hall–Kier alpha value is -5.55. The lowest BCUT2D eigenvalue weighted by molar-refractivity contribution is 0.171. The van der Waals surface area contributed by atoms with Crippen LogP contribution in [0.4, 0.5) is 0 Å². The monoisotopic (exact) mass is 636 g/mol. The molecule has 0 radical (unpaired) electrons. The van der Waals surface area contributed by atoms with Crippen LogP contribution in [-0.2, 0) is 0 Å². The standard InChI is InChI=1S/C17H14ClN3O2.C17H15N3O3/c1-10-8-12(4-5-19-10)16-15(20-17(18)21-16)11-2-3-13-14(9-11)23-7-6-22-13;1-10-8-12(4-5-18-10)16-15(19-17(21)20-16)11-2-3-13-14(9-11)23-7-6-22-13/h2-5,8-9H,6-7H2,1H3,(H,20,21);2-5,8-9H,6-7H2,1H3,(H2,19,20,21). The summed E-state index contributed by atoms with van der Waals surface area (Å²) in [6, 6.07) is 19.1. The van der Waals surface area contributed by atoms with Gasteiger partial charge in [0.05, 0.1) is 22.8 Å². The van der Waals surface area contributed by atoms with E-state index in [9.17, 15) is 4.79 Å². The summed E-state index contributed by atoms with van der Waals surface area (Å²) in [5.41, 5.74) is 8.32. The van der Waals surface area contributed by atoms with Crippen molar-refractivity contribution in [2.75, 3.05) is 26.4 Å². The molecule has 0 spiro atoms. The second-order valence-corrected chi connectivity index (χ2v) is 11.0. The number of nitrogens with zero attached hydrogens (tertiary/aromatic N) is 3. The third kappa shape index (κ3) is 6.04. The third-order valence-electron chi connectivity index (χ3n) is 7.42. The van der Waals surface area contributed by atoms with Crippen LogP contribution in [0.5, 0.6) is 23.0 Å². The van der Waals surface area contributed by atoms with Crippen LogP contribution >= 0.6 is 11.6 Å². The molecule has 6 aromatic rings. The van der Waals surface area contributed by atoms with Gasteiger partial charge < -0.3 is 33.9 Å². The molecule has 0 atom stereocenters. The van der Waals surface area contributed by atoms with Crippen LogP contribution in [0.3, 0.4) is 0 Å². The third-order valence-corrected chi connectivity index (χ3v) is 7.60. The van der Waals surface area contributed by atoms with Gasteiger partial charge in [-0.2, -0.15) is 0 Å². The number of imidazole rings is 2. The van der Waals surface area contributed by atoms with Crippen molar-refractivity contribution in [3.8, 4) is 68.0 Å². The Morgan fingerprint density at radius 3 is 1.63 bits per heavy atom. The molecule has 3 N–H and O–H groups in total. The van der Waals surface area contributed by atoms with Crippen molar-refractivity contribution in [3.63, 3.8) is 0 Å². The van der Waals surface area contributed by atoms with Crippen molar-refractivity contribution >= 4 is 11.6 Å². The second kappa shape index (κ2) is 12.4. The molecule has 0 amide bonds. The number of ether oxygens (including phenoxy) is 4. The molecule has 8 rings (SSSR count). The highest BCUT2D eigenvalue weighted by Gasteiger charge is 2.19. The Balaban J connectivity index is 0.000000147. The maximum atomic E-state index is 11.8. The molecule has 0 aliphatic carbocycles. The lowest BCUT2D eigenvalue weighted by atomic mass is 10.0. The maximum absolute atomic E-state index is 11.8. The average molecular weight is 637 g/mol. The Kier molecular flexibility index (Phi) is 7.90. The van der Waals surface area contributed by atoms with Gasteiger partial charge in [-0.15, -0.1) is 0 Å². The predicted octanol–water partition coefficient (Wildman–Crippen LogP) is 6.38. The highest BCUT2D eigenvalue weighted by molar-refractivity contribution is 6.28. The molecular formula is C34H29ClN6O5. The van der Waals surface area contributed by atoms with Crippen molar-refractivity contribution in [2.45, 2.75) is 13.8 Å². The minimum atomic E-state index is -0.251. The number of hydrogen-bond acceptors (Lipinski definition) is 8. The number of rotatable bonds is 4. The number of fused-ring (bicyclic) bond motifs is 2. The molecular weight excluding hydrogens is 608 g/mol. The van der Waals surface area contributed by atoms with Gasteiger partial charge in [0.1, 0.15) is 26.4 Å². The van der Waals surface area contributed by atoms with E-state index in [0.29, 0.717) is 37.5 Å². The summed E-state index contributed by atoms with van der Waals surface area (Å²) in [5, 5.41) is 0.347. The molecule has 4 aromatic heterocycles. The van der Waals surface area contributed by atoms with Crippen molar-refractivity contribution in [1.29, 1.82) is 0 Å². The van der Waals surface area contributed by atoms with Crippen LogP contribution in [-0.4, -0.2) is 56.3 Å². The number of halogens is 1. The number of nitrogens with one attached hydrogen (secondary N) is 3. The van der Waals surface area contributed by atoms with E-state index in [1.54, 1.807) is 12.4 Å². The molecule has 46 heavy (non-hydrogen) atoms. The quantitative estimate of drug-likeness (QED) is 0.202. The van der Waals surface area contributed by atoms with Crippen LogP contribution < -0.4 is 24.6 Å². The molecule has 2 aliphatic rings. The first-order chi connectivity index (χ1) is 22.4. The van der Waals surface area contributed by atoms with Gasteiger partial charge in [-0.3, -0.25) is 9.97 Å². The van der Waals surface area contributed by atoms with Crippen molar-refractivity contribution in [2.24, 2.45) is 0 Å². The zero-order valence-electron chi connectivity index (χ0n) is 25.0. The molecule has 0 fully saturated rings. The zero-order valence-corrected chi connectivity index (χ0v) is 25.8. The van der Waals surface area contributed by atoms with E-state index in [0.717, 1.165) is 73.7 Å². The van der Waals surface area contributed by atoms with Crippen LogP contribution in [0, 0.1) is 13.8 Å². The molecule has 0 saturated heterocycles. The van der Waals surface area contributed by atoms with Crippen molar-refractivity contribution in [3.05, 3.63) is 100 Å². The zero-order chi connectivity index (χ0) is 31.6. The predicted molar refractivity (Wildman–Crippen MR) is 174 cm³/mol. The molecule has 0 bridgehead atoms. The molecule has 2 aromatic carbocycles. The minimum absolute atomic E-state index is 0.251. The highest BCUT2D eigenvalue weighted by Crippen LogP contribution is 2.38. The number of benzene rings is 2. The fourth-order valence-electron chi connectivity index (χ4n) is 5.37. The molecule has 232 valence electrons. The Bertz CT molecular complexity index is 2100. The number of pyridine rings is 2. The van der Waals surface area contributed by atoms with E-state index >= 15 is 0 Å². The van der Waals surface area contributed by atoms with Gasteiger partial charge in [-0.25, -0.2) is 9.78 Å². The second-order valence-electron chi connectivity index (χ2n) is 10.7. The summed E-state index contributed by atoms with van der Waals surface area (Å²) in [6.45, 7) is 6.06. The van der Waals surface area contributed by atoms with Gasteiger partial charge in [-0.05, 0) is 86.1 Å². The molecule has 6 heterocycles. The summed E-state index contributed by atoms with van der Waals surface area (Å²) < 4.78 is 22.4. The molecule has 2 aliphatic heterocycles. The Morgan fingerprint density at radius 2 is 1.07 bits per heavy atom. The van der Waals surface area contributed by atoms with Crippen molar-refractivity contribution < 1.29 is 18.9 Å². The summed E-state index contributed by atoms with van der Waals surface area (Å²) >= 11 is 6.11. The summed E-state index contributed by atoms with van der Waals surface area (Å²) in [5.74, 6) is 2.89. The molecule has 0 saturated carbocycles. The Morgan fingerprint density at radius 1 is 0.587 bits per heavy atom. The molecule has 11 nitrogen and oxygen atoms in total. The lowest BCUT2D eigenvalue weighted by Gasteiger charge is -2.18. The fraction of sp³-hybridized carbons (Fsp3) is 0.176. The van der Waals surface area contributed by atoms with E-state index in [1.807, 2.05) is 74.5 Å². The number of H-pyrrole nitrogens is 3. The topological polar surface area (TPSA) is 140 Å². The van der Waals surface area contributed by atoms with Crippen LogP contribution in [0.25, 0.3) is 45.0 Å². The van der Waals surface area contributed by atoms with Crippen molar-refractivity contribution in [1.82, 2.24) is 29.9 Å². The summed E-state index contributed by atoms with van der Waals surface area (Å²) in [7, 11) is 0. The first-order valence-electron chi connectivity index (χ1n) is 14.6. The smallest absolute Gasteiger partial charge is 0.323 e. The molecule has 12 heteroatoms. The van der Waals surface area contributed by atoms with Gasteiger partial charge in [0.15, 0.2) is 23.0 Å². The fourth-order valence-corrected chi connectivity index (χ4v) is 5.55. The Labute approximate surface area is 268 Å². The van der Waals surface area contributed by atoms with Gasteiger partial charge in [-0.1, -0.05) is 0 Å². The number of hydrogen-bond donors (Lipinski definition) is 3. The van der Waals surface area contributed by atoms with E-state index in [2.05, 4.69) is 29.9 Å².